The molecule has 0 saturated heterocycles. The van der Waals surface area contributed by atoms with E-state index in [1.54, 1.807) is 19.3 Å². The van der Waals surface area contributed by atoms with Gasteiger partial charge in [-0.1, -0.05) is 31.2 Å². The van der Waals surface area contributed by atoms with E-state index < -0.39 is 0 Å². The van der Waals surface area contributed by atoms with Crippen molar-refractivity contribution in [1.82, 2.24) is 9.97 Å². The molecule has 0 amide bonds. The molecule has 1 heterocycles. The first kappa shape index (κ1) is 16.8. The first-order valence-electron chi connectivity index (χ1n) is 8.19. The molecule has 0 spiro atoms. The van der Waals surface area contributed by atoms with Crippen LogP contribution in [0.5, 0.6) is 11.5 Å². The van der Waals surface area contributed by atoms with Crippen molar-refractivity contribution >= 4 is 23.1 Å². The molecule has 1 N–H and O–H groups in total. The van der Waals surface area contributed by atoms with E-state index in [0.717, 1.165) is 12.0 Å². The van der Waals surface area contributed by atoms with E-state index in [1.807, 2.05) is 42.5 Å². The SMILES string of the molecule is CCCOc1cc(/C=C/c2nc3ccccc3c(=O)[nH]2)ccc1OC. The Morgan fingerprint density at radius 1 is 1.12 bits per heavy atom. The number of hydrogen-bond donors (Lipinski definition) is 1. The van der Waals surface area contributed by atoms with Crippen LogP contribution in [0.25, 0.3) is 23.1 Å². The molecule has 2 aromatic carbocycles. The van der Waals surface area contributed by atoms with Crippen molar-refractivity contribution in [2.24, 2.45) is 0 Å². The zero-order valence-corrected chi connectivity index (χ0v) is 14.3. The number of hydrogen-bond acceptors (Lipinski definition) is 4. The number of nitrogens with one attached hydrogen (secondary N) is 1. The third-order valence-corrected chi connectivity index (χ3v) is 3.71. The number of fused-ring (bicyclic) bond motifs is 1. The summed E-state index contributed by atoms with van der Waals surface area (Å²) in [4.78, 5) is 19.3. The second-order valence-electron chi connectivity index (χ2n) is 5.56. The molecule has 0 unspecified atom stereocenters. The van der Waals surface area contributed by atoms with E-state index in [1.165, 1.54) is 0 Å². The van der Waals surface area contributed by atoms with Crippen LogP contribution in [0.1, 0.15) is 24.7 Å². The third kappa shape index (κ3) is 3.88. The first-order chi connectivity index (χ1) is 12.2. The molecule has 0 aliphatic carbocycles. The van der Waals surface area contributed by atoms with Crippen LogP contribution in [-0.4, -0.2) is 23.7 Å². The number of para-hydroxylation sites is 1. The highest BCUT2D eigenvalue weighted by molar-refractivity contribution is 5.79. The number of aromatic nitrogens is 2. The highest BCUT2D eigenvalue weighted by atomic mass is 16.5. The van der Waals surface area contributed by atoms with Gasteiger partial charge in [0.1, 0.15) is 5.82 Å². The molecule has 3 rings (SSSR count). The summed E-state index contributed by atoms with van der Waals surface area (Å²) >= 11 is 0. The predicted molar refractivity (Wildman–Crippen MR) is 100 cm³/mol. The molecule has 0 atom stereocenters. The lowest BCUT2D eigenvalue weighted by Gasteiger charge is -2.10. The largest absolute Gasteiger partial charge is 0.493 e. The third-order valence-electron chi connectivity index (χ3n) is 3.71. The number of ether oxygens (including phenoxy) is 2. The Hall–Kier alpha value is -3.08. The predicted octanol–water partition coefficient (Wildman–Crippen LogP) is 3.89. The molecule has 0 aliphatic heterocycles. The lowest BCUT2D eigenvalue weighted by Crippen LogP contribution is -2.09. The molecule has 1 aromatic heterocycles. The smallest absolute Gasteiger partial charge is 0.259 e. The molecule has 0 fully saturated rings. The van der Waals surface area contributed by atoms with Gasteiger partial charge in [0.05, 0.1) is 24.6 Å². The summed E-state index contributed by atoms with van der Waals surface area (Å²) in [5.74, 6) is 1.91. The van der Waals surface area contributed by atoms with Crippen molar-refractivity contribution in [2.75, 3.05) is 13.7 Å². The van der Waals surface area contributed by atoms with E-state index >= 15 is 0 Å². The summed E-state index contributed by atoms with van der Waals surface area (Å²) in [5, 5.41) is 0.583. The van der Waals surface area contributed by atoms with Gasteiger partial charge in [-0.2, -0.15) is 0 Å². The van der Waals surface area contributed by atoms with Gasteiger partial charge >= 0.3 is 0 Å². The van der Waals surface area contributed by atoms with Crippen molar-refractivity contribution in [1.29, 1.82) is 0 Å². The monoisotopic (exact) mass is 336 g/mol. The number of aromatic amines is 1. The van der Waals surface area contributed by atoms with Gasteiger partial charge in [-0.3, -0.25) is 4.79 Å². The topological polar surface area (TPSA) is 64.2 Å². The number of H-pyrrole nitrogens is 1. The van der Waals surface area contributed by atoms with E-state index in [-0.39, 0.29) is 5.56 Å². The fourth-order valence-corrected chi connectivity index (χ4v) is 2.48. The summed E-state index contributed by atoms with van der Waals surface area (Å²) in [6.07, 6.45) is 4.58. The molecule has 25 heavy (non-hydrogen) atoms. The fraction of sp³-hybridized carbons (Fsp3) is 0.200. The molecule has 0 radical (unpaired) electrons. The van der Waals surface area contributed by atoms with Crippen LogP contribution in [0.4, 0.5) is 0 Å². The van der Waals surface area contributed by atoms with Crippen LogP contribution < -0.4 is 15.0 Å². The van der Waals surface area contributed by atoms with Gasteiger partial charge < -0.3 is 14.5 Å². The number of benzene rings is 2. The Labute approximate surface area is 145 Å². The van der Waals surface area contributed by atoms with Crippen LogP contribution in [0.2, 0.25) is 0 Å². The summed E-state index contributed by atoms with van der Waals surface area (Å²) < 4.78 is 11.0. The minimum absolute atomic E-state index is 0.146. The molecular weight excluding hydrogens is 316 g/mol. The van der Waals surface area contributed by atoms with Crippen LogP contribution in [-0.2, 0) is 0 Å². The van der Waals surface area contributed by atoms with Gasteiger partial charge in [0.25, 0.3) is 5.56 Å². The van der Waals surface area contributed by atoms with Gasteiger partial charge in [-0.05, 0) is 42.3 Å². The van der Waals surface area contributed by atoms with E-state index in [4.69, 9.17) is 9.47 Å². The molecule has 5 nitrogen and oxygen atoms in total. The number of rotatable bonds is 6. The second kappa shape index (κ2) is 7.66. The van der Waals surface area contributed by atoms with E-state index in [0.29, 0.717) is 34.8 Å². The quantitative estimate of drug-likeness (QED) is 0.742. The standard InChI is InChI=1S/C20H20N2O3/c1-3-12-25-18-13-14(8-10-17(18)24-2)9-11-19-21-16-7-5-4-6-15(16)20(23)22-19/h4-11,13H,3,12H2,1-2H3,(H,21,22,23)/b11-9+. The Kier molecular flexibility index (Phi) is 5.14. The minimum atomic E-state index is -0.146. The molecule has 0 bridgehead atoms. The zero-order chi connectivity index (χ0) is 17.6. The van der Waals surface area contributed by atoms with Gasteiger partial charge in [-0.15, -0.1) is 0 Å². The lowest BCUT2D eigenvalue weighted by atomic mass is 10.2. The minimum Gasteiger partial charge on any atom is -0.493 e. The maximum atomic E-state index is 12.1. The summed E-state index contributed by atoms with van der Waals surface area (Å²) in [5.41, 5.74) is 1.46. The van der Waals surface area contributed by atoms with E-state index in [2.05, 4.69) is 16.9 Å². The summed E-state index contributed by atoms with van der Waals surface area (Å²) in [7, 11) is 1.62. The van der Waals surface area contributed by atoms with Crippen molar-refractivity contribution < 1.29 is 9.47 Å². The molecule has 128 valence electrons. The zero-order valence-electron chi connectivity index (χ0n) is 14.3. The van der Waals surface area contributed by atoms with Crippen molar-refractivity contribution in [3.05, 3.63) is 64.2 Å². The average molecular weight is 336 g/mol. The number of methoxy groups -OCH3 is 1. The second-order valence-corrected chi connectivity index (χ2v) is 5.56. The van der Waals surface area contributed by atoms with Crippen LogP contribution in [0.3, 0.4) is 0 Å². The molecule has 3 aromatic rings. The Morgan fingerprint density at radius 2 is 1.96 bits per heavy atom. The fourth-order valence-electron chi connectivity index (χ4n) is 2.48. The molecular formula is C20H20N2O3. The summed E-state index contributed by atoms with van der Waals surface area (Å²) in [6, 6.07) is 13.0. The van der Waals surface area contributed by atoms with Crippen LogP contribution in [0, 0.1) is 0 Å². The maximum absolute atomic E-state index is 12.1. The highest BCUT2D eigenvalue weighted by Crippen LogP contribution is 2.28. The van der Waals surface area contributed by atoms with Crippen LogP contribution in [0.15, 0.2) is 47.3 Å². The van der Waals surface area contributed by atoms with Crippen molar-refractivity contribution in [3.8, 4) is 11.5 Å². The van der Waals surface area contributed by atoms with E-state index in [9.17, 15) is 4.79 Å². The van der Waals surface area contributed by atoms with Gasteiger partial charge in [-0.25, -0.2) is 4.98 Å². The average Bonchev–Trinajstić information content (AvgIpc) is 2.65. The summed E-state index contributed by atoms with van der Waals surface area (Å²) in [6.45, 7) is 2.68. The van der Waals surface area contributed by atoms with Gasteiger partial charge in [0.15, 0.2) is 11.5 Å². The van der Waals surface area contributed by atoms with Gasteiger partial charge in [0.2, 0.25) is 0 Å². The van der Waals surface area contributed by atoms with Gasteiger partial charge in [0, 0.05) is 0 Å². The van der Waals surface area contributed by atoms with Crippen molar-refractivity contribution in [3.63, 3.8) is 0 Å². The maximum Gasteiger partial charge on any atom is 0.259 e. The van der Waals surface area contributed by atoms with Crippen LogP contribution >= 0.6 is 0 Å². The molecule has 0 saturated carbocycles. The van der Waals surface area contributed by atoms with Crippen molar-refractivity contribution in [2.45, 2.75) is 13.3 Å². The first-order valence-corrected chi connectivity index (χ1v) is 8.19. The Bertz CT molecular complexity index is 961. The Morgan fingerprint density at radius 3 is 2.76 bits per heavy atom. The highest BCUT2D eigenvalue weighted by Gasteiger charge is 2.05. The molecule has 5 heteroatoms. The normalized spacial score (nSPS) is 11.1. The number of nitrogens with zero attached hydrogens (tertiary/aromatic N) is 1. The lowest BCUT2D eigenvalue weighted by molar-refractivity contribution is 0.294. The Balaban J connectivity index is 1.90. The molecule has 0 aliphatic rings.